The number of benzene rings is 1. The molecule has 7 N–H and O–H groups in total. The lowest BCUT2D eigenvalue weighted by molar-refractivity contribution is -0.139. The molecule has 0 radical (unpaired) electrons. The summed E-state index contributed by atoms with van der Waals surface area (Å²) in [4.78, 5) is 51.4. The number of amides is 3. The van der Waals surface area contributed by atoms with E-state index >= 15 is 0 Å². The Bertz CT molecular complexity index is 941. The van der Waals surface area contributed by atoms with Crippen LogP contribution in [0.2, 0.25) is 0 Å². The Hall–Kier alpha value is -3.40. The Balaban J connectivity index is 2.22. The zero-order valence-corrected chi connectivity index (χ0v) is 17.6. The fourth-order valence-electron chi connectivity index (χ4n) is 3.21. The van der Waals surface area contributed by atoms with Crippen LogP contribution in [-0.4, -0.2) is 59.0 Å². The summed E-state index contributed by atoms with van der Waals surface area (Å²) in [5.74, 6) is -3.09. The predicted octanol–water partition coefficient (Wildman–Crippen LogP) is -0.114. The van der Waals surface area contributed by atoms with Gasteiger partial charge in [0, 0.05) is 23.5 Å². The molecule has 0 spiro atoms. The molecule has 0 aliphatic carbocycles. The number of hydrogen-bond donors (Lipinski definition) is 6. The van der Waals surface area contributed by atoms with Crippen LogP contribution in [0.4, 0.5) is 0 Å². The van der Waals surface area contributed by atoms with Gasteiger partial charge in [-0.25, -0.2) is 0 Å². The SMILES string of the molecule is CCC(C)C(NC(=O)C(Cc1c[nH]c2ccccc12)NC(=O)CN)C(=O)NCC(=O)O. The van der Waals surface area contributed by atoms with E-state index in [2.05, 4.69) is 20.9 Å². The minimum atomic E-state index is -1.19. The summed E-state index contributed by atoms with van der Waals surface area (Å²) >= 11 is 0. The van der Waals surface area contributed by atoms with E-state index in [4.69, 9.17) is 10.8 Å². The molecule has 10 heteroatoms. The first-order valence-corrected chi connectivity index (χ1v) is 10.1. The first-order valence-electron chi connectivity index (χ1n) is 10.1. The first-order chi connectivity index (χ1) is 14.8. The largest absolute Gasteiger partial charge is 0.480 e. The number of H-pyrrole nitrogens is 1. The molecule has 0 aliphatic rings. The predicted molar refractivity (Wildman–Crippen MR) is 115 cm³/mol. The minimum Gasteiger partial charge on any atom is -0.480 e. The smallest absolute Gasteiger partial charge is 0.322 e. The Morgan fingerprint density at radius 3 is 2.48 bits per heavy atom. The quantitative estimate of drug-likeness (QED) is 0.290. The molecule has 0 fully saturated rings. The maximum absolute atomic E-state index is 13.1. The highest BCUT2D eigenvalue weighted by molar-refractivity contribution is 5.94. The molecular weight excluding hydrogens is 402 g/mol. The summed E-state index contributed by atoms with van der Waals surface area (Å²) < 4.78 is 0. The van der Waals surface area contributed by atoms with Gasteiger partial charge < -0.3 is 31.8 Å². The molecule has 3 atom stereocenters. The molecule has 2 aromatic rings. The maximum Gasteiger partial charge on any atom is 0.322 e. The van der Waals surface area contributed by atoms with Gasteiger partial charge in [0.1, 0.15) is 18.6 Å². The Morgan fingerprint density at radius 1 is 1.13 bits per heavy atom. The van der Waals surface area contributed by atoms with Gasteiger partial charge in [-0.05, 0) is 17.5 Å². The molecule has 0 saturated carbocycles. The van der Waals surface area contributed by atoms with Crippen molar-refractivity contribution in [2.75, 3.05) is 13.1 Å². The van der Waals surface area contributed by atoms with Crippen molar-refractivity contribution in [2.24, 2.45) is 11.7 Å². The number of carboxylic acid groups (broad SMARTS) is 1. The van der Waals surface area contributed by atoms with Gasteiger partial charge in [0.2, 0.25) is 17.7 Å². The molecule has 0 aliphatic heterocycles. The van der Waals surface area contributed by atoms with Gasteiger partial charge in [0.15, 0.2) is 0 Å². The monoisotopic (exact) mass is 431 g/mol. The highest BCUT2D eigenvalue weighted by Gasteiger charge is 2.30. The molecule has 1 aromatic carbocycles. The topological polar surface area (TPSA) is 166 Å². The van der Waals surface area contributed by atoms with Gasteiger partial charge in [-0.2, -0.15) is 0 Å². The van der Waals surface area contributed by atoms with Crippen molar-refractivity contribution in [3.8, 4) is 0 Å². The van der Waals surface area contributed by atoms with Gasteiger partial charge in [0.05, 0.1) is 6.54 Å². The fraction of sp³-hybridized carbons (Fsp3) is 0.429. The Kier molecular flexibility index (Phi) is 8.56. The van der Waals surface area contributed by atoms with E-state index in [-0.39, 0.29) is 18.9 Å². The van der Waals surface area contributed by atoms with Crippen LogP contribution in [0.25, 0.3) is 10.9 Å². The molecule has 1 aromatic heterocycles. The number of nitrogens with two attached hydrogens (primary N) is 1. The van der Waals surface area contributed by atoms with E-state index < -0.39 is 42.3 Å². The molecule has 0 bridgehead atoms. The third kappa shape index (κ3) is 6.54. The highest BCUT2D eigenvalue weighted by Crippen LogP contribution is 2.19. The number of carboxylic acids is 1. The number of aromatic amines is 1. The molecule has 168 valence electrons. The Morgan fingerprint density at radius 2 is 1.84 bits per heavy atom. The van der Waals surface area contributed by atoms with Crippen molar-refractivity contribution in [2.45, 2.75) is 38.8 Å². The third-order valence-corrected chi connectivity index (χ3v) is 5.14. The van der Waals surface area contributed by atoms with E-state index in [1.807, 2.05) is 31.2 Å². The number of fused-ring (bicyclic) bond motifs is 1. The average Bonchev–Trinajstić information content (AvgIpc) is 3.17. The summed E-state index contributed by atoms with van der Waals surface area (Å²) in [5, 5.41) is 17.3. The van der Waals surface area contributed by atoms with Crippen LogP contribution in [0.5, 0.6) is 0 Å². The molecule has 1 heterocycles. The minimum absolute atomic E-state index is 0.186. The number of aromatic nitrogens is 1. The van der Waals surface area contributed by atoms with E-state index in [1.165, 1.54) is 0 Å². The molecule has 31 heavy (non-hydrogen) atoms. The normalized spacial score (nSPS) is 13.8. The molecular formula is C21H29N5O5. The van der Waals surface area contributed by atoms with Gasteiger partial charge in [-0.1, -0.05) is 38.5 Å². The second-order valence-electron chi connectivity index (χ2n) is 7.37. The molecule has 0 saturated heterocycles. The highest BCUT2D eigenvalue weighted by atomic mass is 16.4. The zero-order chi connectivity index (χ0) is 23.0. The fourth-order valence-corrected chi connectivity index (χ4v) is 3.21. The van der Waals surface area contributed by atoms with Crippen LogP contribution >= 0.6 is 0 Å². The van der Waals surface area contributed by atoms with Gasteiger partial charge in [-0.15, -0.1) is 0 Å². The van der Waals surface area contributed by atoms with Crippen LogP contribution in [0, 0.1) is 5.92 Å². The standard InChI is InChI=1S/C21H29N5O5/c1-3-12(2)19(21(31)24-11-18(28)29)26-20(30)16(25-17(27)9-22)8-13-10-23-15-7-5-4-6-14(13)15/h4-7,10,12,16,19,23H,3,8-9,11,22H2,1-2H3,(H,24,31)(H,25,27)(H,26,30)(H,28,29). The number of nitrogens with one attached hydrogen (secondary N) is 4. The van der Waals surface area contributed by atoms with Crippen LogP contribution in [0.1, 0.15) is 25.8 Å². The number of aliphatic carboxylic acids is 1. The van der Waals surface area contributed by atoms with Gasteiger partial charge in [-0.3, -0.25) is 19.2 Å². The summed E-state index contributed by atoms with van der Waals surface area (Å²) in [6.45, 7) is 2.79. The van der Waals surface area contributed by atoms with Crippen molar-refractivity contribution in [3.05, 3.63) is 36.0 Å². The van der Waals surface area contributed by atoms with Crippen molar-refractivity contribution in [1.82, 2.24) is 20.9 Å². The molecule has 10 nitrogen and oxygen atoms in total. The van der Waals surface area contributed by atoms with E-state index in [0.717, 1.165) is 16.5 Å². The third-order valence-electron chi connectivity index (χ3n) is 5.14. The molecule has 3 unspecified atom stereocenters. The number of carbonyl (C=O) groups is 4. The van der Waals surface area contributed by atoms with Crippen molar-refractivity contribution < 1.29 is 24.3 Å². The number of hydrogen-bond acceptors (Lipinski definition) is 5. The van der Waals surface area contributed by atoms with E-state index in [1.54, 1.807) is 13.1 Å². The van der Waals surface area contributed by atoms with Crippen molar-refractivity contribution >= 4 is 34.6 Å². The van der Waals surface area contributed by atoms with Crippen LogP contribution in [0.3, 0.4) is 0 Å². The first kappa shape index (κ1) is 23.9. The van der Waals surface area contributed by atoms with Crippen LogP contribution in [0.15, 0.2) is 30.5 Å². The van der Waals surface area contributed by atoms with Crippen LogP contribution < -0.4 is 21.7 Å². The molecule has 3 amide bonds. The number of carbonyl (C=O) groups excluding carboxylic acids is 3. The summed E-state index contributed by atoms with van der Waals surface area (Å²) in [6.07, 6.45) is 2.53. The maximum atomic E-state index is 13.1. The van der Waals surface area contributed by atoms with Crippen LogP contribution in [-0.2, 0) is 25.6 Å². The number of para-hydroxylation sites is 1. The summed E-state index contributed by atoms with van der Waals surface area (Å²) in [6, 6.07) is 5.65. The lowest BCUT2D eigenvalue weighted by atomic mass is 9.97. The lowest BCUT2D eigenvalue weighted by Crippen LogP contribution is -2.57. The summed E-state index contributed by atoms with van der Waals surface area (Å²) in [5.41, 5.74) is 7.12. The lowest BCUT2D eigenvalue weighted by Gasteiger charge is -2.26. The van der Waals surface area contributed by atoms with Crippen molar-refractivity contribution in [3.63, 3.8) is 0 Å². The van der Waals surface area contributed by atoms with Crippen molar-refractivity contribution in [1.29, 1.82) is 0 Å². The molecule has 2 rings (SSSR count). The second kappa shape index (κ2) is 11.1. The average molecular weight is 431 g/mol. The van der Waals surface area contributed by atoms with Gasteiger partial charge >= 0.3 is 5.97 Å². The Labute approximate surface area is 179 Å². The second-order valence-corrected chi connectivity index (χ2v) is 7.37. The van der Waals surface area contributed by atoms with E-state index in [9.17, 15) is 19.2 Å². The van der Waals surface area contributed by atoms with Gasteiger partial charge in [0.25, 0.3) is 0 Å². The summed E-state index contributed by atoms with van der Waals surface area (Å²) in [7, 11) is 0. The zero-order valence-electron chi connectivity index (χ0n) is 17.6. The van der Waals surface area contributed by atoms with E-state index in [0.29, 0.717) is 6.42 Å². The number of rotatable bonds is 11.